The van der Waals surface area contributed by atoms with Crippen molar-refractivity contribution in [1.29, 1.82) is 0 Å². The van der Waals surface area contributed by atoms with Crippen molar-refractivity contribution in [2.75, 3.05) is 0 Å². The number of hydrogen-bond donors (Lipinski definition) is 2. The topological polar surface area (TPSA) is 84.2 Å². The number of para-hydroxylation sites is 1. The molecule has 0 aliphatic carbocycles. The number of nitrogens with one attached hydrogen (secondary N) is 1. The minimum absolute atomic E-state index is 0.199. The second kappa shape index (κ2) is 7.44. The molecule has 3 aromatic rings. The monoisotopic (exact) mass is 335 g/mol. The summed E-state index contributed by atoms with van der Waals surface area (Å²) in [5.41, 5.74) is 1.81. The molecule has 0 radical (unpaired) electrons. The van der Waals surface area contributed by atoms with E-state index in [2.05, 4.69) is 10.4 Å². The molecule has 2 aromatic carbocycles. The second-order valence-electron chi connectivity index (χ2n) is 5.52. The third kappa shape index (κ3) is 4.11. The maximum atomic E-state index is 12.5. The Bertz CT molecular complexity index is 860. The lowest BCUT2D eigenvalue weighted by Gasteiger charge is -2.16. The van der Waals surface area contributed by atoms with E-state index in [-0.39, 0.29) is 12.1 Å². The van der Waals surface area contributed by atoms with Crippen LogP contribution < -0.4 is 5.32 Å². The molecule has 0 aliphatic rings. The van der Waals surface area contributed by atoms with Crippen molar-refractivity contribution in [3.8, 4) is 5.69 Å². The van der Waals surface area contributed by atoms with Crippen LogP contribution in [0.2, 0.25) is 0 Å². The van der Waals surface area contributed by atoms with Gasteiger partial charge in [0.25, 0.3) is 5.91 Å². The van der Waals surface area contributed by atoms with Crippen LogP contribution in [0.3, 0.4) is 0 Å². The number of carbonyl (C=O) groups excluding carboxylic acids is 1. The van der Waals surface area contributed by atoms with E-state index < -0.39 is 17.9 Å². The lowest BCUT2D eigenvalue weighted by molar-refractivity contribution is -0.137. The molecule has 0 saturated carbocycles. The lowest BCUT2D eigenvalue weighted by atomic mass is 10.0. The molecule has 6 nitrogen and oxygen atoms in total. The molecular formula is C19H17N3O3. The minimum Gasteiger partial charge on any atom is -0.481 e. The summed E-state index contributed by atoms with van der Waals surface area (Å²) in [7, 11) is 0. The van der Waals surface area contributed by atoms with E-state index in [0.717, 1.165) is 11.3 Å². The maximum Gasteiger partial charge on any atom is 0.305 e. The third-order valence-corrected chi connectivity index (χ3v) is 3.73. The van der Waals surface area contributed by atoms with Crippen LogP contribution >= 0.6 is 0 Å². The molecule has 1 heterocycles. The average molecular weight is 335 g/mol. The molecule has 2 N–H and O–H groups in total. The summed E-state index contributed by atoms with van der Waals surface area (Å²) in [5.74, 6) is -1.39. The summed E-state index contributed by atoms with van der Waals surface area (Å²) in [6.07, 6.45) is 1.49. The Balaban J connectivity index is 1.78. The number of carboxylic acids is 1. The van der Waals surface area contributed by atoms with Gasteiger partial charge in [0.15, 0.2) is 5.69 Å². The van der Waals surface area contributed by atoms with Gasteiger partial charge in [0.1, 0.15) is 0 Å². The Kier molecular flexibility index (Phi) is 4.89. The number of aliphatic carboxylic acids is 1. The molecule has 3 rings (SSSR count). The Hall–Kier alpha value is -3.41. The van der Waals surface area contributed by atoms with Gasteiger partial charge in [-0.2, -0.15) is 5.10 Å². The Morgan fingerprint density at radius 2 is 1.64 bits per heavy atom. The summed E-state index contributed by atoms with van der Waals surface area (Å²) in [6, 6.07) is 19.4. The van der Waals surface area contributed by atoms with E-state index >= 15 is 0 Å². The predicted octanol–water partition coefficient (Wildman–Crippen LogP) is 2.82. The van der Waals surface area contributed by atoms with E-state index in [9.17, 15) is 9.59 Å². The number of hydrogen-bond acceptors (Lipinski definition) is 3. The van der Waals surface area contributed by atoms with Gasteiger partial charge in [-0.1, -0.05) is 48.5 Å². The maximum absolute atomic E-state index is 12.5. The number of carbonyl (C=O) groups is 2. The van der Waals surface area contributed by atoms with Crippen molar-refractivity contribution in [3.63, 3.8) is 0 Å². The molecule has 1 aromatic heterocycles. The predicted molar refractivity (Wildman–Crippen MR) is 92.5 cm³/mol. The first kappa shape index (κ1) is 16.4. The van der Waals surface area contributed by atoms with Crippen LogP contribution in [-0.2, 0) is 4.79 Å². The van der Waals surface area contributed by atoms with Crippen molar-refractivity contribution < 1.29 is 14.7 Å². The Morgan fingerprint density at radius 3 is 2.28 bits per heavy atom. The van der Waals surface area contributed by atoms with Gasteiger partial charge in [0.05, 0.1) is 18.2 Å². The van der Waals surface area contributed by atoms with Crippen LogP contribution in [-0.4, -0.2) is 26.8 Å². The van der Waals surface area contributed by atoms with Crippen LogP contribution in [0.25, 0.3) is 5.69 Å². The molecular weight excluding hydrogens is 318 g/mol. The fourth-order valence-electron chi connectivity index (χ4n) is 2.51. The summed E-state index contributed by atoms with van der Waals surface area (Å²) >= 11 is 0. The van der Waals surface area contributed by atoms with Gasteiger partial charge in [-0.15, -0.1) is 0 Å². The summed E-state index contributed by atoms with van der Waals surface area (Å²) in [5, 5.41) is 16.1. The lowest BCUT2D eigenvalue weighted by Crippen LogP contribution is -2.30. The minimum atomic E-state index is -0.982. The highest BCUT2D eigenvalue weighted by molar-refractivity contribution is 5.92. The number of rotatable bonds is 6. The molecule has 1 unspecified atom stereocenters. The summed E-state index contributed by atoms with van der Waals surface area (Å²) in [4.78, 5) is 23.6. The van der Waals surface area contributed by atoms with E-state index in [1.54, 1.807) is 41.2 Å². The number of amides is 1. The molecule has 0 saturated heterocycles. The van der Waals surface area contributed by atoms with E-state index in [4.69, 9.17) is 5.11 Å². The normalized spacial score (nSPS) is 11.7. The molecule has 25 heavy (non-hydrogen) atoms. The first-order chi connectivity index (χ1) is 12.1. The zero-order chi connectivity index (χ0) is 17.6. The van der Waals surface area contributed by atoms with Crippen molar-refractivity contribution in [2.45, 2.75) is 12.5 Å². The van der Waals surface area contributed by atoms with Crippen molar-refractivity contribution >= 4 is 11.9 Å². The highest BCUT2D eigenvalue weighted by atomic mass is 16.4. The number of aromatic nitrogens is 2. The Morgan fingerprint density at radius 1 is 1.00 bits per heavy atom. The smallest absolute Gasteiger partial charge is 0.305 e. The van der Waals surface area contributed by atoms with E-state index in [1.165, 1.54) is 0 Å². The highest BCUT2D eigenvalue weighted by Gasteiger charge is 2.20. The third-order valence-electron chi connectivity index (χ3n) is 3.73. The van der Waals surface area contributed by atoms with Gasteiger partial charge in [0.2, 0.25) is 0 Å². The first-order valence-electron chi connectivity index (χ1n) is 7.82. The summed E-state index contributed by atoms with van der Waals surface area (Å²) in [6.45, 7) is 0. The number of benzene rings is 2. The van der Waals surface area contributed by atoms with Gasteiger partial charge in [0, 0.05) is 6.20 Å². The SMILES string of the molecule is O=C(O)CC(NC(=O)c1ccn(-c2ccccc2)n1)c1ccccc1. The molecule has 0 fully saturated rings. The molecule has 0 aliphatic heterocycles. The average Bonchev–Trinajstić information content (AvgIpc) is 3.12. The van der Waals surface area contributed by atoms with Gasteiger partial charge >= 0.3 is 5.97 Å². The summed E-state index contributed by atoms with van der Waals surface area (Å²) < 4.78 is 1.60. The van der Waals surface area contributed by atoms with E-state index in [1.807, 2.05) is 36.4 Å². The van der Waals surface area contributed by atoms with Crippen molar-refractivity contribution in [3.05, 3.63) is 84.2 Å². The van der Waals surface area contributed by atoms with Gasteiger partial charge in [-0.25, -0.2) is 4.68 Å². The van der Waals surface area contributed by atoms with Gasteiger partial charge in [-0.05, 0) is 23.8 Å². The van der Waals surface area contributed by atoms with Crippen LogP contribution in [0.5, 0.6) is 0 Å². The molecule has 126 valence electrons. The second-order valence-corrected chi connectivity index (χ2v) is 5.52. The van der Waals surface area contributed by atoms with Crippen molar-refractivity contribution in [2.24, 2.45) is 0 Å². The standard InChI is InChI=1S/C19H17N3O3/c23-18(24)13-17(14-7-3-1-4-8-14)20-19(25)16-11-12-22(21-16)15-9-5-2-6-10-15/h1-12,17H,13H2,(H,20,25)(H,23,24). The molecule has 1 amide bonds. The first-order valence-corrected chi connectivity index (χ1v) is 7.82. The van der Waals surface area contributed by atoms with Gasteiger partial charge in [-0.3, -0.25) is 9.59 Å². The zero-order valence-corrected chi connectivity index (χ0v) is 13.4. The number of nitrogens with zero attached hydrogens (tertiary/aromatic N) is 2. The van der Waals surface area contributed by atoms with E-state index in [0.29, 0.717) is 0 Å². The van der Waals surface area contributed by atoms with Crippen LogP contribution in [0, 0.1) is 0 Å². The fourth-order valence-corrected chi connectivity index (χ4v) is 2.51. The molecule has 6 heteroatoms. The van der Waals surface area contributed by atoms with Crippen molar-refractivity contribution in [1.82, 2.24) is 15.1 Å². The quantitative estimate of drug-likeness (QED) is 0.725. The van der Waals surface area contributed by atoms with Crippen LogP contribution in [0.15, 0.2) is 72.9 Å². The Labute approximate surface area is 144 Å². The fraction of sp³-hybridized carbons (Fsp3) is 0.105. The number of carboxylic acid groups (broad SMARTS) is 1. The largest absolute Gasteiger partial charge is 0.481 e. The highest BCUT2D eigenvalue weighted by Crippen LogP contribution is 2.17. The molecule has 0 spiro atoms. The molecule has 0 bridgehead atoms. The zero-order valence-electron chi connectivity index (χ0n) is 13.4. The van der Waals surface area contributed by atoms with Crippen LogP contribution in [0.1, 0.15) is 28.5 Å². The van der Waals surface area contributed by atoms with Gasteiger partial charge < -0.3 is 10.4 Å². The van der Waals surface area contributed by atoms with Crippen LogP contribution in [0.4, 0.5) is 0 Å². The molecule has 1 atom stereocenters.